The molecule has 0 aliphatic heterocycles. The molecule has 2 unspecified atom stereocenters. The van der Waals surface area contributed by atoms with Gasteiger partial charge in [0.1, 0.15) is 0 Å². The number of hydrogen-bond donors (Lipinski definition) is 0. The summed E-state index contributed by atoms with van der Waals surface area (Å²) in [6, 6.07) is 4.61. The second-order valence-corrected chi connectivity index (χ2v) is 9.85. The van der Waals surface area contributed by atoms with Crippen molar-refractivity contribution in [2.75, 3.05) is 0 Å². The van der Waals surface area contributed by atoms with Crippen molar-refractivity contribution in [2.24, 2.45) is 29.6 Å². The predicted molar refractivity (Wildman–Crippen MR) is 117 cm³/mol. The highest BCUT2D eigenvalue weighted by Crippen LogP contribution is 2.45. The van der Waals surface area contributed by atoms with Crippen LogP contribution in [0.3, 0.4) is 0 Å². The number of aromatic nitrogens is 1. The summed E-state index contributed by atoms with van der Waals surface area (Å²) in [7, 11) is 0. The van der Waals surface area contributed by atoms with Gasteiger partial charge in [0, 0.05) is 17.8 Å². The lowest BCUT2D eigenvalue weighted by molar-refractivity contribution is 0.119. The summed E-state index contributed by atoms with van der Waals surface area (Å²) in [4.78, 5) is 4.82. The first-order valence-electron chi connectivity index (χ1n) is 12.1. The first kappa shape index (κ1) is 20.9. The molecule has 1 heterocycles. The first-order valence-corrected chi connectivity index (χ1v) is 12.1. The Labute approximate surface area is 168 Å². The van der Waals surface area contributed by atoms with E-state index in [4.69, 9.17) is 4.98 Å². The van der Waals surface area contributed by atoms with Gasteiger partial charge >= 0.3 is 0 Å². The summed E-state index contributed by atoms with van der Waals surface area (Å²) in [5.41, 5.74) is 2.72. The quantitative estimate of drug-likeness (QED) is 0.478. The molecule has 1 heteroatoms. The minimum Gasteiger partial charge on any atom is -0.261 e. The van der Waals surface area contributed by atoms with Gasteiger partial charge in [0.15, 0.2) is 0 Å². The Morgan fingerprint density at radius 3 is 1.96 bits per heavy atom. The monoisotopic (exact) mass is 369 g/mol. The van der Waals surface area contributed by atoms with Gasteiger partial charge < -0.3 is 0 Å². The van der Waals surface area contributed by atoms with Crippen molar-refractivity contribution in [2.45, 2.75) is 104 Å². The van der Waals surface area contributed by atoms with Gasteiger partial charge in [0.2, 0.25) is 0 Å². The van der Waals surface area contributed by atoms with E-state index in [0.29, 0.717) is 5.92 Å². The Kier molecular flexibility index (Phi) is 7.79. The van der Waals surface area contributed by atoms with Crippen molar-refractivity contribution in [3.63, 3.8) is 0 Å². The van der Waals surface area contributed by atoms with Crippen LogP contribution in [0.25, 0.3) is 0 Å². The number of pyridine rings is 1. The summed E-state index contributed by atoms with van der Waals surface area (Å²) in [5.74, 6) is 5.44. The fourth-order valence-corrected chi connectivity index (χ4v) is 6.06. The number of hydrogen-bond acceptors (Lipinski definition) is 1. The molecule has 2 aliphatic rings. The van der Waals surface area contributed by atoms with E-state index >= 15 is 0 Å². The zero-order chi connectivity index (χ0) is 19.2. The van der Waals surface area contributed by atoms with Crippen LogP contribution in [-0.4, -0.2) is 4.98 Å². The van der Waals surface area contributed by atoms with E-state index in [9.17, 15) is 0 Å². The lowest BCUT2D eigenvalue weighted by Crippen LogP contribution is -2.29. The topological polar surface area (TPSA) is 12.9 Å². The van der Waals surface area contributed by atoms with Gasteiger partial charge in [-0.3, -0.25) is 4.98 Å². The zero-order valence-corrected chi connectivity index (χ0v) is 18.4. The maximum absolute atomic E-state index is 4.82. The highest BCUT2D eigenvalue weighted by molar-refractivity contribution is 5.17. The molecule has 0 spiro atoms. The van der Waals surface area contributed by atoms with E-state index in [0.717, 1.165) is 36.0 Å². The second-order valence-electron chi connectivity index (χ2n) is 9.85. The number of nitrogens with zero attached hydrogens (tertiary/aromatic N) is 1. The van der Waals surface area contributed by atoms with Crippen LogP contribution in [0.1, 0.15) is 109 Å². The van der Waals surface area contributed by atoms with Crippen LogP contribution in [-0.2, 0) is 6.42 Å². The molecular weight excluding hydrogens is 326 g/mol. The van der Waals surface area contributed by atoms with Crippen molar-refractivity contribution in [1.82, 2.24) is 4.98 Å². The fourth-order valence-electron chi connectivity index (χ4n) is 6.06. The van der Waals surface area contributed by atoms with Gasteiger partial charge in [-0.2, -0.15) is 0 Å². The Bertz CT molecular complexity index is 532. The minimum atomic E-state index is 0.622. The standard InChI is InChI=1S/C26H43N/c1-5-7-22-10-17-26(27-18-22)20(4)25-15-13-24(14-16-25)19(3)23-11-8-21(6-2)9-12-23/h10,17-21,23-25H,5-9,11-16H2,1-4H3. The molecule has 3 rings (SSSR count). The van der Waals surface area contributed by atoms with Gasteiger partial charge in [-0.1, -0.05) is 59.4 Å². The van der Waals surface area contributed by atoms with E-state index in [2.05, 4.69) is 46.0 Å². The maximum Gasteiger partial charge on any atom is 0.0434 e. The highest BCUT2D eigenvalue weighted by atomic mass is 14.7. The van der Waals surface area contributed by atoms with Crippen molar-refractivity contribution in [1.29, 1.82) is 0 Å². The normalized spacial score (nSPS) is 31.4. The molecule has 0 radical (unpaired) electrons. The van der Waals surface area contributed by atoms with Crippen LogP contribution in [0.4, 0.5) is 0 Å². The largest absolute Gasteiger partial charge is 0.261 e. The molecule has 2 saturated carbocycles. The molecule has 1 nitrogen and oxygen atoms in total. The van der Waals surface area contributed by atoms with Crippen molar-refractivity contribution in [3.8, 4) is 0 Å². The predicted octanol–water partition coefficient (Wildman–Crippen LogP) is 7.80. The molecule has 0 N–H and O–H groups in total. The van der Waals surface area contributed by atoms with Gasteiger partial charge in [0.05, 0.1) is 0 Å². The minimum absolute atomic E-state index is 0.622. The molecule has 0 saturated heterocycles. The summed E-state index contributed by atoms with van der Waals surface area (Å²) in [6.07, 6.45) is 17.6. The van der Waals surface area contributed by atoms with Crippen LogP contribution < -0.4 is 0 Å². The van der Waals surface area contributed by atoms with Gasteiger partial charge in [0.25, 0.3) is 0 Å². The van der Waals surface area contributed by atoms with Gasteiger partial charge in [-0.05, 0) is 86.2 Å². The zero-order valence-electron chi connectivity index (χ0n) is 18.4. The smallest absolute Gasteiger partial charge is 0.0434 e. The third kappa shape index (κ3) is 5.36. The van der Waals surface area contributed by atoms with Crippen LogP contribution in [0.2, 0.25) is 0 Å². The van der Waals surface area contributed by atoms with Crippen LogP contribution in [0.5, 0.6) is 0 Å². The molecule has 2 aliphatic carbocycles. The van der Waals surface area contributed by atoms with Crippen molar-refractivity contribution < 1.29 is 0 Å². The summed E-state index contributed by atoms with van der Waals surface area (Å²) < 4.78 is 0. The maximum atomic E-state index is 4.82. The van der Waals surface area contributed by atoms with Gasteiger partial charge in [-0.25, -0.2) is 0 Å². The third-order valence-electron chi connectivity index (χ3n) is 8.33. The molecule has 2 fully saturated rings. The molecule has 0 aromatic carbocycles. The van der Waals surface area contributed by atoms with E-state index in [1.807, 2.05) is 0 Å². The van der Waals surface area contributed by atoms with Crippen LogP contribution in [0.15, 0.2) is 18.3 Å². The number of rotatable bonds is 7. The van der Waals surface area contributed by atoms with E-state index in [1.54, 1.807) is 0 Å². The lowest BCUT2D eigenvalue weighted by Gasteiger charge is -2.40. The second kappa shape index (κ2) is 10.1. The van der Waals surface area contributed by atoms with Crippen LogP contribution >= 0.6 is 0 Å². The Morgan fingerprint density at radius 2 is 1.44 bits per heavy atom. The molecule has 1 aromatic heterocycles. The lowest BCUT2D eigenvalue weighted by atomic mass is 9.66. The molecule has 152 valence electrons. The van der Waals surface area contributed by atoms with E-state index in [-0.39, 0.29) is 0 Å². The van der Waals surface area contributed by atoms with Crippen molar-refractivity contribution in [3.05, 3.63) is 29.6 Å². The summed E-state index contributed by atoms with van der Waals surface area (Å²) in [5, 5.41) is 0. The molecular formula is C26H43N. The molecule has 0 amide bonds. The average Bonchev–Trinajstić information content (AvgIpc) is 2.74. The van der Waals surface area contributed by atoms with E-state index < -0.39 is 0 Å². The fraction of sp³-hybridized carbons (Fsp3) is 0.808. The summed E-state index contributed by atoms with van der Waals surface area (Å²) in [6.45, 7) is 9.62. The molecule has 1 aromatic rings. The Balaban J connectivity index is 1.48. The summed E-state index contributed by atoms with van der Waals surface area (Å²) >= 11 is 0. The van der Waals surface area contributed by atoms with Crippen molar-refractivity contribution >= 4 is 0 Å². The SMILES string of the molecule is CCCc1ccc(C(C)C2CCC(C(C)C3CCC(CC)CC3)CC2)nc1. The molecule has 27 heavy (non-hydrogen) atoms. The Morgan fingerprint density at radius 1 is 0.852 bits per heavy atom. The first-order chi connectivity index (χ1) is 13.1. The number of aryl methyl sites for hydroxylation is 1. The Hall–Kier alpha value is -0.850. The van der Waals surface area contributed by atoms with Crippen LogP contribution in [0, 0.1) is 29.6 Å². The van der Waals surface area contributed by atoms with Gasteiger partial charge in [-0.15, -0.1) is 0 Å². The average molecular weight is 370 g/mol. The molecule has 2 atom stereocenters. The molecule has 0 bridgehead atoms. The highest BCUT2D eigenvalue weighted by Gasteiger charge is 2.33. The third-order valence-corrected chi connectivity index (χ3v) is 8.33. The van der Waals surface area contributed by atoms with E-state index in [1.165, 1.54) is 75.5 Å².